The highest BCUT2D eigenvalue weighted by atomic mass is 15.0. The highest BCUT2D eigenvalue weighted by molar-refractivity contribution is 5.56. The molecule has 1 aromatic carbocycles. The topological polar surface area (TPSA) is 24.9 Å². The Bertz CT molecular complexity index is 432. The molecular weight excluding hydrogens is 196 g/mol. The second-order valence-electron chi connectivity index (χ2n) is 4.12. The molecule has 0 aliphatic rings. The van der Waals surface area contributed by atoms with Gasteiger partial charge in [-0.15, -0.1) is 0 Å². The van der Waals surface area contributed by atoms with Gasteiger partial charge in [0.15, 0.2) is 0 Å². The molecule has 1 N–H and O–H groups in total. The fourth-order valence-electron chi connectivity index (χ4n) is 1.54. The van der Waals surface area contributed by atoms with E-state index < -0.39 is 0 Å². The van der Waals surface area contributed by atoms with E-state index in [-0.39, 0.29) is 0 Å². The first-order valence-corrected chi connectivity index (χ1v) is 5.54. The van der Waals surface area contributed by atoms with Gasteiger partial charge in [-0.1, -0.05) is 32.0 Å². The standard InChI is InChI=1S/C14H16N2/c1-11(2)12-6-8-13(9-7-12)16-14-5-3-4-10-15-14/h3-11H,1-2H3,(H,15,16). The molecule has 0 spiro atoms. The molecule has 0 bridgehead atoms. The summed E-state index contributed by atoms with van der Waals surface area (Å²) in [6.45, 7) is 4.39. The second-order valence-corrected chi connectivity index (χ2v) is 4.12. The van der Waals surface area contributed by atoms with Crippen molar-refractivity contribution in [2.75, 3.05) is 5.32 Å². The number of hydrogen-bond donors (Lipinski definition) is 1. The van der Waals surface area contributed by atoms with E-state index in [1.807, 2.05) is 18.2 Å². The minimum atomic E-state index is 0.573. The van der Waals surface area contributed by atoms with Crippen LogP contribution in [0.5, 0.6) is 0 Å². The molecule has 0 amide bonds. The summed E-state index contributed by atoms with van der Waals surface area (Å²) in [5, 5.41) is 3.26. The summed E-state index contributed by atoms with van der Waals surface area (Å²) in [5.41, 5.74) is 2.43. The highest BCUT2D eigenvalue weighted by Crippen LogP contribution is 2.19. The summed E-state index contributed by atoms with van der Waals surface area (Å²) >= 11 is 0. The van der Waals surface area contributed by atoms with Gasteiger partial charge in [0.05, 0.1) is 0 Å². The molecule has 0 fully saturated rings. The molecule has 1 aromatic heterocycles. The number of anilines is 2. The Labute approximate surface area is 96.4 Å². The number of benzene rings is 1. The van der Waals surface area contributed by atoms with E-state index in [1.165, 1.54) is 5.56 Å². The summed E-state index contributed by atoms with van der Waals surface area (Å²) in [4.78, 5) is 4.22. The summed E-state index contributed by atoms with van der Waals surface area (Å²) in [6.07, 6.45) is 1.78. The van der Waals surface area contributed by atoms with Gasteiger partial charge in [-0.3, -0.25) is 0 Å². The lowest BCUT2D eigenvalue weighted by Crippen LogP contribution is -1.93. The van der Waals surface area contributed by atoms with Crippen LogP contribution in [-0.4, -0.2) is 4.98 Å². The molecular formula is C14H16N2. The van der Waals surface area contributed by atoms with Gasteiger partial charge in [0.25, 0.3) is 0 Å². The van der Waals surface area contributed by atoms with Crippen molar-refractivity contribution in [1.82, 2.24) is 4.98 Å². The van der Waals surface area contributed by atoms with E-state index in [9.17, 15) is 0 Å². The van der Waals surface area contributed by atoms with Gasteiger partial charge in [0, 0.05) is 11.9 Å². The van der Waals surface area contributed by atoms with Crippen molar-refractivity contribution >= 4 is 11.5 Å². The van der Waals surface area contributed by atoms with Gasteiger partial charge in [0.1, 0.15) is 5.82 Å². The largest absolute Gasteiger partial charge is 0.340 e. The second kappa shape index (κ2) is 4.79. The van der Waals surface area contributed by atoms with E-state index in [1.54, 1.807) is 6.20 Å². The lowest BCUT2D eigenvalue weighted by molar-refractivity contribution is 0.867. The van der Waals surface area contributed by atoms with E-state index in [0.29, 0.717) is 5.92 Å². The molecule has 1 heterocycles. The van der Waals surface area contributed by atoms with Crippen LogP contribution in [0.2, 0.25) is 0 Å². The van der Waals surface area contributed by atoms with Crippen molar-refractivity contribution in [3.8, 4) is 0 Å². The van der Waals surface area contributed by atoms with Crippen LogP contribution in [0.4, 0.5) is 11.5 Å². The Morgan fingerprint density at radius 1 is 1.00 bits per heavy atom. The van der Waals surface area contributed by atoms with E-state index >= 15 is 0 Å². The van der Waals surface area contributed by atoms with Gasteiger partial charge in [-0.05, 0) is 35.7 Å². The minimum Gasteiger partial charge on any atom is -0.340 e. The molecule has 0 aliphatic heterocycles. The third-order valence-corrected chi connectivity index (χ3v) is 2.51. The Morgan fingerprint density at radius 2 is 1.75 bits per heavy atom. The Morgan fingerprint density at radius 3 is 2.31 bits per heavy atom. The smallest absolute Gasteiger partial charge is 0.130 e. The molecule has 0 unspecified atom stereocenters. The Balaban J connectivity index is 2.11. The van der Waals surface area contributed by atoms with Gasteiger partial charge in [-0.25, -0.2) is 4.98 Å². The molecule has 2 rings (SSSR count). The summed E-state index contributed by atoms with van der Waals surface area (Å²) < 4.78 is 0. The van der Waals surface area contributed by atoms with Crippen LogP contribution in [0, 0.1) is 0 Å². The number of pyridine rings is 1. The predicted molar refractivity (Wildman–Crippen MR) is 68.1 cm³/mol. The number of nitrogens with zero attached hydrogens (tertiary/aromatic N) is 1. The monoisotopic (exact) mass is 212 g/mol. The lowest BCUT2D eigenvalue weighted by Gasteiger charge is -2.08. The van der Waals surface area contributed by atoms with Gasteiger partial charge < -0.3 is 5.32 Å². The molecule has 2 heteroatoms. The minimum absolute atomic E-state index is 0.573. The lowest BCUT2D eigenvalue weighted by atomic mass is 10.0. The van der Waals surface area contributed by atoms with Crippen molar-refractivity contribution < 1.29 is 0 Å². The average Bonchev–Trinajstić information content (AvgIpc) is 2.31. The molecule has 16 heavy (non-hydrogen) atoms. The van der Waals surface area contributed by atoms with Crippen molar-refractivity contribution in [1.29, 1.82) is 0 Å². The Kier molecular flexibility index (Phi) is 3.20. The van der Waals surface area contributed by atoms with Gasteiger partial charge in [-0.2, -0.15) is 0 Å². The van der Waals surface area contributed by atoms with Crippen LogP contribution < -0.4 is 5.32 Å². The number of hydrogen-bond acceptors (Lipinski definition) is 2. The first kappa shape index (κ1) is 10.7. The van der Waals surface area contributed by atoms with Gasteiger partial charge in [0.2, 0.25) is 0 Å². The van der Waals surface area contributed by atoms with Crippen molar-refractivity contribution in [2.45, 2.75) is 19.8 Å². The molecule has 0 saturated heterocycles. The molecule has 0 atom stereocenters. The van der Waals surface area contributed by atoms with Crippen LogP contribution in [-0.2, 0) is 0 Å². The quantitative estimate of drug-likeness (QED) is 0.833. The molecule has 2 aromatic rings. The van der Waals surface area contributed by atoms with Crippen LogP contribution in [0.1, 0.15) is 25.3 Å². The molecule has 2 nitrogen and oxygen atoms in total. The summed E-state index contributed by atoms with van der Waals surface area (Å²) in [7, 11) is 0. The fourth-order valence-corrected chi connectivity index (χ4v) is 1.54. The van der Waals surface area contributed by atoms with Crippen molar-refractivity contribution in [2.24, 2.45) is 0 Å². The third kappa shape index (κ3) is 2.60. The fraction of sp³-hybridized carbons (Fsp3) is 0.214. The van der Waals surface area contributed by atoms with E-state index in [2.05, 4.69) is 48.4 Å². The number of aromatic nitrogens is 1. The van der Waals surface area contributed by atoms with Crippen LogP contribution in [0.3, 0.4) is 0 Å². The Hall–Kier alpha value is -1.83. The van der Waals surface area contributed by atoms with Crippen LogP contribution in [0.15, 0.2) is 48.7 Å². The van der Waals surface area contributed by atoms with E-state index in [0.717, 1.165) is 11.5 Å². The van der Waals surface area contributed by atoms with Crippen LogP contribution in [0.25, 0.3) is 0 Å². The zero-order valence-corrected chi connectivity index (χ0v) is 9.64. The maximum Gasteiger partial charge on any atom is 0.130 e. The SMILES string of the molecule is CC(C)c1ccc(Nc2ccccn2)cc1. The number of nitrogens with one attached hydrogen (secondary N) is 1. The summed E-state index contributed by atoms with van der Waals surface area (Å²) in [5.74, 6) is 1.45. The maximum atomic E-state index is 4.22. The normalized spacial score (nSPS) is 10.4. The zero-order chi connectivity index (χ0) is 11.4. The van der Waals surface area contributed by atoms with E-state index in [4.69, 9.17) is 0 Å². The third-order valence-electron chi connectivity index (χ3n) is 2.51. The predicted octanol–water partition coefficient (Wildman–Crippen LogP) is 3.95. The maximum absolute atomic E-state index is 4.22. The zero-order valence-electron chi connectivity index (χ0n) is 9.64. The first-order chi connectivity index (χ1) is 7.75. The molecule has 0 radical (unpaired) electrons. The van der Waals surface area contributed by atoms with Crippen molar-refractivity contribution in [3.63, 3.8) is 0 Å². The van der Waals surface area contributed by atoms with Crippen molar-refractivity contribution in [3.05, 3.63) is 54.2 Å². The van der Waals surface area contributed by atoms with Crippen LogP contribution >= 0.6 is 0 Å². The molecule has 82 valence electrons. The highest BCUT2D eigenvalue weighted by Gasteiger charge is 1.99. The van der Waals surface area contributed by atoms with Gasteiger partial charge >= 0.3 is 0 Å². The molecule has 0 aliphatic carbocycles. The summed E-state index contributed by atoms with van der Waals surface area (Å²) in [6, 6.07) is 14.3. The first-order valence-electron chi connectivity index (χ1n) is 5.54. The molecule has 0 saturated carbocycles. The average molecular weight is 212 g/mol. The number of rotatable bonds is 3.